The van der Waals surface area contributed by atoms with Crippen LogP contribution in [0, 0.1) is 0 Å². The zero-order chi connectivity index (χ0) is 13.8. The third kappa shape index (κ3) is 3.57. The molecule has 0 aliphatic carbocycles. The van der Waals surface area contributed by atoms with Gasteiger partial charge in [0, 0.05) is 0 Å². The Labute approximate surface area is 109 Å². The highest BCUT2D eigenvalue weighted by atomic mass is 16.6. The molecular weight excluding hydrogens is 226 g/mol. The Morgan fingerprint density at radius 3 is 2.22 bits per heavy atom. The molecule has 0 spiro atoms. The van der Waals surface area contributed by atoms with E-state index in [1.165, 1.54) is 0 Å². The molecule has 0 aromatic heterocycles. The molecule has 0 aliphatic rings. The molecule has 3 nitrogen and oxygen atoms in total. The van der Waals surface area contributed by atoms with Crippen molar-refractivity contribution in [2.45, 2.75) is 51.7 Å². The molecular formula is C15H23NO2. The fourth-order valence-electron chi connectivity index (χ4n) is 1.86. The Hall–Kier alpha value is -1.35. The maximum absolute atomic E-state index is 12.3. The number of rotatable bonds is 4. The van der Waals surface area contributed by atoms with Gasteiger partial charge in [0.1, 0.15) is 11.1 Å². The van der Waals surface area contributed by atoms with Crippen LogP contribution in [0.1, 0.15) is 46.1 Å². The van der Waals surface area contributed by atoms with Crippen LogP contribution in [0.25, 0.3) is 0 Å². The Bertz CT molecular complexity index is 395. The summed E-state index contributed by atoms with van der Waals surface area (Å²) in [5.41, 5.74) is 5.54. The van der Waals surface area contributed by atoms with Gasteiger partial charge < -0.3 is 10.5 Å². The minimum absolute atomic E-state index is 0.358. The van der Waals surface area contributed by atoms with E-state index in [0.29, 0.717) is 6.42 Å². The average Bonchev–Trinajstić information content (AvgIpc) is 2.28. The largest absolute Gasteiger partial charge is 0.458 e. The number of hydrogen-bond acceptors (Lipinski definition) is 3. The van der Waals surface area contributed by atoms with E-state index in [-0.39, 0.29) is 5.97 Å². The van der Waals surface area contributed by atoms with Crippen molar-refractivity contribution in [3.8, 4) is 0 Å². The predicted octanol–water partition coefficient (Wildman–Crippen LogP) is 2.98. The molecule has 0 aliphatic heterocycles. The van der Waals surface area contributed by atoms with Crippen molar-refractivity contribution in [1.82, 2.24) is 0 Å². The van der Waals surface area contributed by atoms with E-state index < -0.39 is 11.1 Å². The molecule has 0 fully saturated rings. The maximum atomic E-state index is 12.3. The van der Waals surface area contributed by atoms with Gasteiger partial charge >= 0.3 is 5.97 Å². The van der Waals surface area contributed by atoms with Gasteiger partial charge in [-0.2, -0.15) is 0 Å². The summed E-state index contributed by atoms with van der Waals surface area (Å²) in [6.07, 6.45) is 1.40. The van der Waals surface area contributed by atoms with Gasteiger partial charge in [-0.25, -0.2) is 4.79 Å². The second-order valence-corrected chi connectivity index (χ2v) is 5.59. The highest BCUT2D eigenvalue weighted by Crippen LogP contribution is 2.27. The highest BCUT2D eigenvalue weighted by Gasteiger charge is 2.38. The first-order chi connectivity index (χ1) is 8.29. The SMILES string of the molecule is CCCC(N)(C(=O)OC(C)(C)C)c1ccccc1. The number of esters is 1. The zero-order valence-electron chi connectivity index (χ0n) is 11.7. The fraction of sp³-hybridized carbons (Fsp3) is 0.533. The summed E-state index contributed by atoms with van der Waals surface area (Å²) >= 11 is 0. The van der Waals surface area contributed by atoms with Gasteiger partial charge in [-0.3, -0.25) is 0 Å². The minimum Gasteiger partial charge on any atom is -0.458 e. The van der Waals surface area contributed by atoms with E-state index in [2.05, 4.69) is 0 Å². The third-order valence-corrected chi connectivity index (χ3v) is 2.70. The van der Waals surface area contributed by atoms with Gasteiger partial charge in [0.05, 0.1) is 0 Å². The van der Waals surface area contributed by atoms with E-state index in [4.69, 9.17) is 10.5 Å². The number of carbonyl (C=O) groups is 1. The Morgan fingerprint density at radius 2 is 1.78 bits per heavy atom. The molecule has 1 aromatic rings. The van der Waals surface area contributed by atoms with Crippen LogP contribution in [-0.2, 0) is 15.1 Å². The normalized spacial score (nSPS) is 14.9. The minimum atomic E-state index is -1.05. The lowest BCUT2D eigenvalue weighted by molar-refractivity contribution is -0.162. The van der Waals surface area contributed by atoms with Gasteiger partial charge in [0.2, 0.25) is 0 Å². The number of nitrogens with two attached hydrogens (primary N) is 1. The number of ether oxygens (including phenoxy) is 1. The third-order valence-electron chi connectivity index (χ3n) is 2.70. The monoisotopic (exact) mass is 249 g/mol. The maximum Gasteiger partial charge on any atom is 0.331 e. The summed E-state index contributed by atoms with van der Waals surface area (Å²) in [6.45, 7) is 7.56. The molecule has 0 radical (unpaired) electrons. The summed E-state index contributed by atoms with van der Waals surface area (Å²) in [5, 5.41) is 0. The van der Waals surface area contributed by atoms with Gasteiger partial charge in [-0.1, -0.05) is 43.7 Å². The molecule has 1 rings (SSSR count). The van der Waals surface area contributed by atoms with Gasteiger partial charge in [0.15, 0.2) is 0 Å². The number of benzene rings is 1. The van der Waals surface area contributed by atoms with Crippen LogP contribution >= 0.6 is 0 Å². The topological polar surface area (TPSA) is 52.3 Å². The molecule has 0 saturated carbocycles. The molecule has 18 heavy (non-hydrogen) atoms. The van der Waals surface area contributed by atoms with Gasteiger partial charge in [-0.15, -0.1) is 0 Å². The van der Waals surface area contributed by atoms with Crippen LogP contribution in [0.5, 0.6) is 0 Å². The lowest BCUT2D eigenvalue weighted by Gasteiger charge is -2.31. The first-order valence-corrected chi connectivity index (χ1v) is 6.37. The van der Waals surface area contributed by atoms with Crippen molar-refractivity contribution in [3.05, 3.63) is 35.9 Å². The van der Waals surface area contributed by atoms with Crippen LogP contribution in [0.2, 0.25) is 0 Å². The second-order valence-electron chi connectivity index (χ2n) is 5.59. The summed E-state index contributed by atoms with van der Waals surface area (Å²) in [7, 11) is 0. The standard InChI is InChI=1S/C15H23NO2/c1-5-11-15(16,12-9-7-6-8-10-12)13(17)18-14(2,3)4/h6-10H,5,11,16H2,1-4H3. The van der Waals surface area contributed by atoms with Crippen LogP contribution in [0.15, 0.2) is 30.3 Å². The van der Waals surface area contributed by atoms with E-state index >= 15 is 0 Å². The van der Waals surface area contributed by atoms with Gasteiger partial charge in [0.25, 0.3) is 0 Å². The zero-order valence-corrected chi connectivity index (χ0v) is 11.7. The average molecular weight is 249 g/mol. The summed E-state index contributed by atoms with van der Waals surface area (Å²) in [4.78, 5) is 12.3. The molecule has 0 heterocycles. The van der Waals surface area contributed by atoms with Crippen LogP contribution in [0.3, 0.4) is 0 Å². The van der Waals surface area contributed by atoms with Crippen molar-refractivity contribution in [2.24, 2.45) is 5.73 Å². The van der Waals surface area contributed by atoms with Crippen molar-refractivity contribution >= 4 is 5.97 Å². The molecule has 1 aromatic carbocycles. The van der Waals surface area contributed by atoms with Crippen molar-refractivity contribution < 1.29 is 9.53 Å². The molecule has 1 unspecified atom stereocenters. The Kier molecular flexibility index (Phi) is 4.52. The van der Waals surface area contributed by atoms with E-state index in [1.54, 1.807) is 0 Å². The molecule has 0 bridgehead atoms. The molecule has 0 saturated heterocycles. The molecule has 3 heteroatoms. The number of hydrogen-bond donors (Lipinski definition) is 1. The Balaban J connectivity index is 3.04. The quantitative estimate of drug-likeness (QED) is 0.835. The predicted molar refractivity (Wildman–Crippen MR) is 73.1 cm³/mol. The van der Waals surface area contributed by atoms with E-state index in [9.17, 15) is 4.79 Å². The summed E-state index contributed by atoms with van der Waals surface area (Å²) in [6, 6.07) is 9.43. The summed E-state index contributed by atoms with van der Waals surface area (Å²) in [5.74, 6) is -0.358. The van der Waals surface area contributed by atoms with Gasteiger partial charge in [-0.05, 0) is 32.8 Å². The highest BCUT2D eigenvalue weighted by molar-refractivity contribution is 5.82. The van der Waals surface area contributed by atoms with E-state index in [1.807, 2.05) is 58.0 Å². The summed E-state index contributed by atoms with van der Waals surface area (Å²) < 4.78 is 5.45. The molecule has 100 valence electrons. The first kappa shape index (κ1) is 14.7. The van der Waals surface area contributed by atoms with Crippen LogP contribution in [0.4, 0.5) is 0 Å². The first-order valence-electron chi connectivity index (χ1n) is 6.37. The van der Waals surface area contributed by atoms with Crippen molar-refractivity contribution in [1.29, 1.82) is 0 Å². The second kappa shape index (κ2) is 5.53. The molecule has 2 N–H and O–H groups in total. The lowest BCUT2D eigenvalue weighted by Crippen LogP contribution is -2.48. The Morgan fingerprint density at radius 1 is 1.22 bits per heavy atom. The van der Waals surface area contributed by atoms with Crippen LogP contribution in [-0.4, -0.2) is 11.6 Å². The van der Waals surface area contributed by atoms with E-state index in [0.717, 1.165) is 12.0 Å². The van der Waals surface area contributed by atoms with Crippen molar-refractivity contribution in [2.75, 3.05) is 0 Å². The molecule has 1 atom stereocenters. The smallest absolute Gasteiger partial charge is 0.331 e. The lowest BCUT2D eigenvalue weighted by atomic mass is 9.86. The van der Waals surface area contributed by atoms with Crippen LogP contribution < -0.4 is 5.73 Å². The number of carbonyl (C=O) groups excluding carboxylic acids is 1. The molecule has 0 amide bonds. The fourth-order valence-corrected chi connectivity index (χ4v) is 1.86. The van der Waals surface area contributed by atoms with Crippen molar-refractivity contribution in [3.63, 3.8) is 0 Å².